The number of benzene rings is 2. The highest BCUT2D eigenvalue weighted by Crippen LogP contribution is 2.44. The van der Waals surface area contributed by atoms with Crippen LogP contribution in [0.4, 0.5) is 18.0 Å². The maximum atomic E-state index is 13.6. The molecule has 4 rings (SSSR count). The normalized spacial score (nSPS) is 18.4. The number of carboxylic acid groups (broad SMARTS) is 1. The number of alkyl halides is 3. The summed E-state index contributed by atoms with van der Waals surface area (Å²) < 4.78 is 46.0. The summed E-state index contributed by atoms with van der Waals surface area (Å²) in [5.74, 6) is -3.09. The van der Waals surface area contributed by atoms with Gasteiger partial charge in [0, 0.05) is 19.0 Å². The lowest BCUT2D eigenvalue weighted by molar-refractivity contribution is -0.164. The Morgan fingerprint density at radius 1 is 1.06 bits per heavy atom. The number of piperidine rings is 1. The Kier molecular flexibility index (Phi) is 7.00. The van der Waals surface area contributed by atoms with Crippen LogP contribution in [0.5, 0.6) is 0 Å². The number of hydrogen-bond acceptors (Lipinski definition) is 4. The number of carbonyl (C=O) groups excluding carboxylic acids is 2. The highest BCUT2D eigenvalue weighted by atomic mass is 19.4. The van der Waals surface area contributed by atoms with Crippen LogP contribution in [0.25, 0.3) is 11.1 Å². The first-order valence-corrected chi connectivity index (χ1v) is 11.3. The summed E-state index contributed by atoms with van der Waals surface area (Å²) in [6.45, 7) is -0.132. The molecule has 0 radical (unpaired) electrons. The fourth-order valence-electron chi connectivity index (χ4n) is 4.74. The Bertz CT molecular complexity index is 1070. The first-order chi connectivity index (χ1) is 16.6. The van der Waals surface area contributed by atoms with Gasteiger partial charge in [-0.1, -0.05) is 48.5 Å². The number of carboxylic acids is 1. The van der Waals surface area contributed by atoms with Crippen LogP contribution in [0.3, 0.4) is 0 Å². The van der Waals surface area contributed by atoms with Crippen LogP contribution in [0.15, 0.2) is 48.5 Å². The second-order valence-corrected chi connectivity index (χ2v) is 8.79. The number of fused-ring (bicyclic) bond motifs is 3. The van der Waals surface area contributed by atoms with E-state index in [2.05, 4.69) is 0 Å². The van der Waals surface area contributed by atoms with Gasteiger partial charge in [0.25, 0.3) is 0 Å². The SMILES string of the molecule is O=C(NC(CC(=O)N1CCCC(C(=O)O)C1)C(F)(F)F)OCC1c2ccccc2-c2ccccc21. The zero-order chi connectivity index (χ0) is 25.2. The van der Waals surface area contributed by atoms with Gasteiger partial charge in [0.05, 0.1) is 12.3 Å². The summed E-state index contributed by atoms with van der Waals surface area (Å²) in [5.41, 5.74) is 3.80. The molecule has 10 heteroatoms. The van der Waals surface area contributed by atoms with Crippen LogP contribution < -0.4 is 5.32 Å². The standard InChI is InChI=1S/C25H25F3N2O5/c26-25(27,28)21(12-22(31)30-11-5-6-15(13-30)23(32)33)29-24(34)35-14-20-18-9-3-1-7-16(18)17-8-2-4-10-19(17)20/h1-4,7-10,15,20-21H,5-6,11-14H2,(H,29,34)(H,32,33). The highest BCUT2D eigenvalue weighted by molar-refractivity contribution is 5.80. The minimum Gasteiger partial charge on any atom is -0.481 e. The number of nitrogens with zero attached hydrogens (tertiary/aromatic N) is 1. The quantitative estimate of drug-likeness (QED) is 0.634. The number of likely N-dealkylation sites (tertiary alicyclic amines) is 1. The monoisotopic (exact) mass is 490 g/mol. The molecule has 2 N–H and O–H groups in total. The molecule has 186 valence electrons. The number of halogens is 3. The Labute approximate surface area is 199 Å². The van der Waals surface area contributed by atoms with E-state index in [1.54, 1.807) is 5.32 Å². The minimum absolute atomic E-state index is 0.149. The van der Waals surface area contributed by atoms with Gasteiger partial charge in [-0.3, -0.25) is 9.59 Å². The molecule has 0 bridgehead atoms. The molecule has 0 aromatic heterocycles. The molecule has 2 amide bonds. The van der Waals surface area contributed by atoms with Gasteiger partial charge in [-0.05, 0) is 35.1 Å². The van der Waals surface area contributed by atoms with Crippen molar-refractivity contribution in [1.82, 2.24) is 10.2 Å². The van der Waals surface area contributed by atoms with Crippen molar-refractivity contribution in [1.29, 1.82) is 0 Å². The zero-order valence-corrected chi connectivity index (χ0v) is 18.8. The van der Waals surface area contributed by atoms with Crippen molar-refractivity contribution in [3.05, 3.63) is 59.7 Å². The molecule has 1 fully saturated rings. The van der Waals surface area contributed by atoms with Gasteiger partial charge in [-0.15, -0.1) is 0 Å². The van der Waals surface area contributed by atoms with Crippen LogP contribution in [0, 0.1) is 5.92 Å². The Balaban J connectivity index is 1.39. The molecular formula is C25H25F3N2O5. The zero-order valence-electron chi connectivity index (χ0n) is 18.8. The third kappa shape index (κ3) is 5.41. The molecule has 2 aromatic carbocycles. The van der Waals surface area contributed by atoms with Crippen molar-refractivity contribution in [3.8, 4) is 11.1 Å². The number of rotatable bonds is 6. The largest absolute Gasteiger partial charge is 0.481 e. The molecule has 2 atom stereocenters. The number of amides is 2. The lowest BCUT2D eigenvalue weighted by Crippen LogP contribution is -2.50. The van der Waals surface area contributed by atoms with Crippen molar-refractivity contribution < 1.29 is 37.4 Å². The van der Waals surface area contributed by atoms with E-state index in [-0.39, 0.29) is 25.6 Å². The van der Waals surface area contributed by atoms with Gasteiger partial charge in [-0.25, -0.2) is 4.79 Å². The fraction of sp³-hybridized carbons (Fsp3) is 0.400. The molecule has 2 aromatic rings. The van der Waals surface area contributed by atoms with E-state index in [0.717, 1.165) is 27.2 Å². The van der Waals surface area contributed by atoms with Crippen molar-refractivity contribution in [2.45, 2.75) is 37.4 Å². The van der Waals surface area contributed by atoms with Gasteiger partial charge >= 0.3 is 18.2 Å². The van der Waals surface area contributed by atoms with Crippen LogP contribution in [0.1, 0.15) is 36.3 Å². The van der Waals surface area contributed by atoms with Crippen molar-refractivity contribution >= 4 is 18.0 Å². The van der Waals surface area contributed by atoms with E-state index in [1.165, 1.54) is 0 Å². The lowest BCUT2D eigenvalue weighted by atomic mass is 9.97. The summed E-state index contributed by atoms with van der Waals surface area (Å²) >= 11 is 0. The first kappa shape index (κ1) is 24.6. The summed E-state index contributed by atoms with van der Waals surface area (Å²) in [7, 11) is 0. The van der Waals surface area contributed by atoms with Crippen LogP contribution in [0.2, 0.25) is 0 Å². The van der Waals surface area contributed by atoms with Gasteiger partial charge in [0.15, 0.2) is 0 Å². The third-order valence-electron chi connectivity index (χ3n) is 6.53. The van der Waals surface area contributed by atoms with Crippen molar-refractivity contribution in [2.24, 2.45) is 5.92 Å². The summed E-state index contributed by atoms with van der Waals surface area (Å²) in [6.07, 6.45) is -6.44. The van der Waals surface area contributed by atoms with Crippen LogP contribution >= 0.6 is 0 Å². The van der Waals surface area contributed by atoms with E-state index >= 15 is 0 Å². The smallest absolute Gasteiger partial charge is 0.409 e. The first-order valence-electron chi connectivity index (χ1n) is 11.3. The maximum Gasteiger partial charge on any atom is 0.409 e. The molecule has 35 heavy (non-hydrogen) atoms. The number of carbonyl (C=O) groups is 3. The Morgan fingerprint density at radius 2 is 1.66 bits per heavy atom. The maximum absolute atomic E-state index is 13.6. The van der Waals surface area contributed by atoms with Gasteiger partial charge in [0.2, 0.25) is 5.91 Å². The Hall–Kier alpha value is -3.56. The fourth-order valence-corrected chi connectivity index (χ4v) is 4.74. The topological polar surface area (TPSA) is 95.9 Å². The molecule has 1 heterocycles. The second kappa shape index (κ2) is 9.97. The molecule has 1 aliphatic heterocycles. The molecule has 2 unspecified atom stereocenters. The average Bonchev–Trinajstić information content (AvgIpc) is 3.15. The van der Waals surface area contributed by atoms with Crippen molar-refractivity contribution in [3.63, 3.8) is 0 Å². The molecule has 1 saturated heterocycles. The summed E-state index contributed by atoms with van der Waals surface area (Å²) in [5, 5.41) is 10.9. The van der Waals surface area contributed by atoms with E-state index in [1.807, 2.05) is 48.5 Å². The number of alkyl carbamates (subject to hydrolysis) is 1. The van der Waals surface area contributed by atoms with E-state index in [0.29, 0.717) is 12.8 Å². The third-order valence-corrected chi connectivity index (χ3v) is 6.53. The van der Waals surface area contributed by atoms with Crippen LogP contribution in [-0.4, -0.2) is 59.9 Å². The van der Waals surface area contributed by atoms with Gasteiger partial charge < -0.3 is 20.1 Å². The summed E-state index contributed by atoms with van der Waals surface area (Å²) in [6, 6.07) is 12.7. The minimum atomic E-state index is -4.89. The number of ether oxygens (including phenoxy) is 1. The molecule has 7 nitrogen and oxygen atoms in total. The van der Waals surface area contributed by atoms with E-state index in [9.17, 15) is 27.6 Å². The number of aliphatic carboxylic acids is 1. The second-order valence-electron chi connectivity index (χ2n) is 8.79. The van der Waals surface area contributed by atoms with E-state index < -0.39 is 42.5 Å². The van der Waals surface area contributed by atoms with Gasteiger partial charge in [-0.2, -0.15) is 13.2 Å². The molecule has 0 saturated carbocycles. The Morgan fingerprint density at radius 3 is 2.23 bits per heavy atom. The highest BCUT2D eigenvalue weighted by Gasteiger charge is 2.44. The lowest BCUT2D eigenvalue weighted by Gasteiger charge is -2.32. The molecule has 0 spiro atoms. The average molecular weight is 490 g/mol. The van der Waals surface area contributed by atoms with Crippen LogP contribution in [-0.2, 0) is 14.3 Å². The number of hydrogen-bond donors (Lipinski definition) is 2. The van der Waals surface area contributed by atoms with Crippen molar-refractivity contribution in [2.75, 3.05) is 19.7 Å². The molecular weight excluding hydrogens is 465 g/mol. The number of nitrogens with one attached hydrogen (secondary N) is 1. The molecule has 2 aliphatic rings. The van der Waals surface area contributed by atoms with Gasteiger partial charge in [0.1, 0.15) is 12.6 Å². The van der Waals surface area contributed by atoms with E-state index in [4.69, 9.17) is 9.84 Å². The summed E-state index contributed by atoms with van der Waals surface area (Å²) in [4.78, 5) is 37.1. The predicted molar refractivity (Wildman–Crippen MR) is 120 cm³/mol. The molecule has 1 aliphatic carbocycles. The predicted octanol–water partition coefficient (Wildman–Crippen LogP) is 4.17.